The number of para-hydroxylation sites is 1. The molecule has 0 aliphatic carbocycles. The van der Waals surface area contributed by atoms with Gasteiger partial charge in [0.2, 0.25) is 0 Å². The van der Waals surface area contributed by atoms with Crippen molar-refractivity contribution in [2.24, 2.45) is 5.92 Å². The Morgan fingerprint density at radius 2 is 1.63 bits per heavy atom. The molecule has 0 aliphatic rings. The molecule has 27 heavy (non-hydrogen) atoms. The summed E-state index contributed by atoms with van der Waals surface area (Å²) < 4.78 is -1.40. The molecular weight excluding hydrogens is 379 g/mol. The van der Waals surface area contributed by atoms with Crippen LogP contribution in [0.2, 0.25) is 0 Å². The maximum absolute atomic E-state index is 12.9. The monoisotopic (exact) mass is 406 g/mol. The van der Waals surface area contributed by atoms with Crippen molar-refractivity contribution in [3.63, 3.8) is 0 Å². The standard InChI is InChI=1S/C22H28Cl2N2O/c1-4-17(3)15-16-22(23,24)21(27)26(5-2)20-13-11-19(12-14-20)25-18-9-7-6-8-10-18/h6-14,17,25H,4-5,15-16H2,1-3H3. The average molecular weight is 407 g/mol. The predicted octanol–water partition coefficient (Wildman–Crippen LogP) is 6.78. The molecular formula is C22H28Cl2N2O. The highest BCUT2D eigenvalue weighted by Crippen LogP contribution is 2.33. The van der Waals surface area contributed by atoms with E-state index in [2.05, 4.69) is 19.2 Å². The Labute approximate surface area is 172 Å². The molecule has 1 atom stereocenters. The summed E-state index contributed by atoms with van der Waals surface area (Å²) >= 11 is 12.8. The van der Waals surface area contributed by atoms with Crippen molar-refractivity contribution < 1.29 is 4.79 Å². The van der Waals surface area contributed by atoms with E-state index in [0.29, 0.717) is 18.9 Å². The van der Waals surface area contributed by atoms with Crippen LogP contribution in [0.3, 0.4) is 0 Å². The number of carbonyl (C=O) groups excluding carboxylic acids is 1. The molecule has 0 saturated carbocycles. The third kappa shape index (κ3) is 6.15. The van der Waals surface area contributed by atoms with Gasteiger partial charge in [-0.2, -0.15) is 0 Å². The van der Waals surface area contributed by atoms with Crippen LogP contribution in [0.25, 0.3) is 0 Å². The molecule has 0 aliphatic heterocycles. The highest BCUT2D eigenvalue weighted by atomic mass is 35.5. The van der Waals surface area contributed by atoms with E-state index in [1.165, 1.54) is 0 Å². The van der Waals surface area contributed by atoms with Crippen molar-refractivity contribution in [1.29, 1.82) is 0 Å². The molecule has 5 heteroatoms. The van der Waals surface area contributed by atoms with Gasteiger partial charge in [-0.1, -0.05) is 61.7 Å². The number of benzene rings is 2. The first-order chi connectivity index (χ1) is 12.9. The fourth-order valence-corrected chi connectivity index (χ4v) is 3.21. The zero-order valence-electron chi connectivity index (χ0n) is 16.2. The van der Waals surface area contributed by atoms with E-state index in [1.807, 2.05) is 61.5 Å². The first-order valence-electron chi connectivity index (χ1n) is 9.49. The van der Waals surface area contributed by atoms with Crippen LogP contribution in [0.5, 0.6) is 0 Å². The Bertz CT molecular complexity index is 717. The minimum atomic E-state index is -1.40. The second kappa shape index (κ2) is 10.0. The van der Waals surface area contributed by atoms with Gasteiger partial charge >= 0.3 is 0 Å². The lowest BCUT2D eigenvalue weighted by Gasteiger charge is -2.29. The van der Waals surface area contributed by atoms with Crippen LogP contribution >= 0.6 is 23.2 Å². The number of nitrogens with one attached hydrogen (secondary N) is 1. The van der Waals surface area contributed by atoms with Gasteiger partial charge in [-0.3, -0.25) is 4.79 Å². The molecule has 0 radical (unpaired) electrons. The number of rotatable bonds is 9. The Hall–Kier alpha value is -1.71. The highest BCUT2D eigenvalue weighted by molar-refractivity contribution is 6.59. The van der Waals surface area contributed by atoms with Crippen molar-refractivity contribution >= 4 is 46.2 Å². The Morgan fingerprint density at radius 1 is 1.04 bits per heavy atom. The summed E-state index contributed by atoms with van der Waals surface area (Å²) in [5.41, 5.74) is 2.75. The SMILES string of the molecule is CCC(C)CCC(Cl)(Cl)C(=O)N(CC)c1ccc(Nc2ccccc2)cc1. The van der Waals surface area contributed by atoms with E-state index in [0.717, 1.165) is 29.9 Å². The van der Waals surface area contributed by atoms with Gasteiger partial charge in [-0.05, 0) is 62.1 Å². The molecule has 1 N–H and O–H groups in total. The first-order valence-corrected chi connectivity index (χ1v) is 10.2. The number of halogens is 2. The van der Waals surface area contributed by atoms with Crippen molar-refractivity contribution in [1.82, 2.24) is 0 Å². The van der Waals surface area contributed by atoms with Gasteiger partial charge in [0.1, 0.15) is 0 Å². The summed E-state index contributed by atoms with van der Waals surface area (Å²) in [6, 6.07) is 17.7. The topological polar surface area (TPSA) is 32.3 Å². The van der Waals surface area contributed by atoms with E-state index >= 15 is 0 Å². The maximum Gasteiger partial charge on any atom is 0.263 e. The third-order valence-corrected chi connectivity index (χ3v) is 5.47. The van der Waals surface area contributed by atoms with Gasteiger partial charge in [0, 0.05) is 23.6 Å². The molecule has 0 heterocycles. The van der Waals surface area contributed by atoms with Gasteiger partial charge in [0.15, 0.2) is 4.33 Å². The fourth-order valence-electron chi connectivity index (χ4n) is 2.79. The molecule has 0 bridgehead atoms. The number of amides is 1. The summed E-state index contributed by atoms with van der Waals surface area (Å²) in [6.45, 7) is 6.70. The van der Waals surface area contributed by atoms with Crippen LogP contribution in [0.1, 0.15) is 40.0 Å². The van der Waals surface area contributed by atoms with E-state index in [1.54, 1.807) is 4.90 Å². The van der Waals surface area contributed by atoms with Crippen LogP contribution in [-0.4, -0.2) is 16.8 Å². The first kappa shape index (κ1) is 21.6. The molecule has 3 nitrogen and oxygen atoms in total. The smallest absolute Gasteiger partial charge is 0.263 e. The minimum Gasteiger partial charge on any atom is -0.356 e. The summed E-state index contributed by atoms with van der Waals surface area (Å²) in [5.74, 6) is 0.230. The minimum absolute atomic E-state index is 0.264. The van der Waals surface area contributed by atoms with Crippen LogP contribution in [0, 0.1) is 5.92 Å². The van der Waals surface area contributed by atoms with Crippen molar-refractivity contribution in [3.05, 3.63) is 54.6 Å². The zero-order valence-corrected chi connectivity index (χ0v) is 17.7. The molecule has 0 aromatic heterocycles. The molecule has 0 saturated heterocycles. The maximum atomic E-state index is 12.9. The molecule has 2 aromatic carbocycles. The Balaban J connectivity index is 2.08. The summed E-state index contributed by atoms with van der Waals surface area (Å²) in [6.07, 6.45) is 2.33. The zero-order chi connectivity index (χ0) is 19.9. The normalized spacial score (nSPS) is 12.5. The molecule has 146 valence electrons. The number of hydrogen-bond donors (Lipinski definition) is 1. The van der Waals surface area contributed by atoms with Crippen LogP contribution in [0.15, 0.2) is 54.6 Å². The molecule has 0 fully saturated rings. The second-order valence-electron chi connectivity index (χ2n) is 6.84. The Kier molecular flexibility index (Phi) is 8.00. The molecule has 1 unspecified atom stereocenters. The number of alkyl halides is 2. The average Bonchev–Trinajstić information content (AvgIpc) is 2.68. The Morgan fingerprint density at radius 3 is 2.19 bits per heavy atom. The van der Waals surface area contributed by atoms with Crippen molar-refractivity contribution in [2.45, 2.75) is 44.4 Å². The number of nitrogens with zero attached hydrogens (tertiary/aromatic N) is 1. The summed E-state index contributed by atoms with van der Waals surface area (Å²) in [4.78, 5) is 14.6. The van der Waals surface area contributed by atoms with Gasteiger partial charge < -0.3 is 10.2 Å². The third-order valence-electron chi connectivity index (χ3n) is 4.76. The number of carbonyl (C=O) groups is 1. The molecule has 2 aromatic rings. The quantitative estimate of drug-likeness (QED) is 0.465. The summed E-state index contributed by atoms with van der Waals surface area (Å²) in [7, 11) is 0. The lowest BCUT2D eigenvalue weighted by atomic mass is 10.0. The van der Waals surface area contributed by atoms with Crippen LogP contribution in [0.4, 0.5) is 17.1 Å². The predicted molar refractivity (Wildman–Crippen MR) is 117 cm³/mol. The van der Waals surface area contributed by atoms with Crippen molar-refractivity contribution in [2.75, 3.05) is 16.8 Å². The molecule has 1 amide bonds. The largest absolute Gasteiger partial charge is 0.356 e. The van der Waals surface area contributed by atoms with E-state index in [4.69, 9.17) is 23.2 Å². The lowest BCUT2D eigenvalue weighted by Crippen LogP contribution is -2.42. The van der Waals surface area contributed by atoms with Gasteiger partial charge in [0.25, 0.3) is 5.91 Å². The second-order valence-corrected chi connectivity index (χ2v) is 8.33. The fraction of sp³-hybridized carbons (Fsp3) is 0.409. The van der Waals surface area contributed by atoms with Crippen LogP contribution in [-0.2, 0) is 4.79 Å². The van der Waals surface area contributed by atoms with Gasteiger partial charge in [-0.15, -0.1) is 0 Å². The van der Waals surface area contributed by atoms with Gasteiger partial charge in [-0.25, -0.2) is 0 Å². The van der Waals surface area contributed by atoms with E-state index in [9.17, 15) is 4.79 Å². The number of hydrogen-bond acceptors (Lipinski definition) is 2. The van der Waals surface area contributed by atoms with Crippen molar-refractivity contribution in [3.8, 4) is 0 Å². The van der Waals surface area contributed by atoms with Crippen LogP contribution < -0.4 is 10.2 Å². The van der Waals surface area contributed by atoms with E-state index < -0.39 is 4.33 Å². The lowest BCUT2D eigenvalue weighted by molar-refractivity contribution is -0.119. The highest BCUT2D eigenvalue weighted by Gasteiger charge is 2.37. The van der Waals surface area contributed by atoms with Gasteiger partial charge in [0.05, 0.1) is 0 Å². The molecule has 0 spiro atoms. The number of anilines is 3. The summed E-state index contributed by atoms with van der Waals surface area (Å²) in [5, 5.41) is 3.33. The molecule has 2 rings (SSSR count). The van der Waals surface area contributed by atoms with E-state index in [-0.39, 0.29) is 5.91 Å².